The Morgan fingerprint density at radius 2 is 2.13 bits per heavy atom. The predicted molar refractivity (Wildman–Crippen MR) is 96.7 cm³/mol. The minimum atomic E-state index is -0.456. The van der Waals surface area contributed by atoms with E-state index in [2.05, 4.69) is 10.3 Å². The molecule has 1 atom stereocenters. The maximum Gasteiger partial charge on any atom is 0.263 e. The van der Waals surface area contributed by atoms with Crippen LogP contribution in [0.2, 0.25) is 0 Å². The van der Waals surface area contributed by atoms with E-state index in [0.717, 1.165) is 38.4 Å². The first-order chi connectivity index (χ1) is 10.2. The molecule has 0 aliphatic carbocycles. The number of nitrogens with zero attached hydrogens (tertiary/aromatic N) is 2. The van der Waals surface area contributed by atoms with E-state index in [0.29, 0.717) is 5.75 Å². The smallest absolute Gasteiger partial charge is 0.263 e. The number of rotatable bonds is 6. The highest BCUT2D eigenvalue weighted by molar-refractivity contribution is 5.85. The molecule has 1 saturated heterocycles. The van der Waals surface area contributed by atoms with E-state index in [4.69, 9.17) is 4.74 Å². The van der Waals surface area contributed by atoms with E-state index in [1.165, 1.54) is 6.42 Å². The van der Waals surface area contributed by atoms with Gasteiger partial charge in [0.25, 0.3) is 5.91 Å². The van der Waals surface area contributed by atoms with Gasteiger partial charge in [-0.3, -0.25) is 9.78 Å². The molecule has 0 saturated carbocycles. The zero-order valence-electron chi connectivity index (χ0n) is 13.7. The van der Waals surface area contributed by atoms with E-state index in [9.17, 15) is 4.79 Å². The molecule has 2 rings (SSSR count). The average Bonchev–Trinajstić information content (AvgIpc) is 2.53. The van der Waals surface area contributed by atoms with Crippen molar-refractivity contribution in [3.63, 3.8) is 0 Å². The van der Waals surface area contributed by atoms with Gasteiger partial charge in [0.15, 0.2) is 6.10 Å². The number of hydrogen-bond donors (Lipinski definition) is 1. The zero-order valence-corrected chi connectivity index (χ0v) is 15.4. The highest BCUT2D eigenvalue weighted by atomic mass is 35.5. The molecule has 1 amide bonds. The van der Waals surface area contributed by atoms with Gasteiger partial charge in [-0.25, -0.2) is 0 Å². The number of hydrogen-bond acceptors (Lipinski definition) is 4. The SMILES string of the molecule is CNCCC1CCN(C(=O)C(C)Oc2cccnc2)CC1.Cl.Cl. The zero-order chi connectivity index (χ0) is 15.1. The Kier molecular flexibility index (Phi) is 11.0. The molecular weight excluding hydrogens is 337 g/mol. The topological polar surface area (TPSA) is 54.5 Å². The van der Waals surface area contributed by atoms with Crippen molar-refractivity contribution in [2.24, 2.45) is 5.92 Å². The van der Waals surface area contributed by atoms with Crippen LogP contribution in [0.25, 0.3) is 0 Å². The van der Waals surface area contributed by atoms with E-state index in [1.54, 1.807) is 18.5 Å². The van der Waals surface area contributed by atoms with Gasteiger partial charge in [0.2, 0.25) is 0 Å². The largest absolute Gasteiger partial charge is 0.479 e. The summed E-state index contributed by atoms with van der Waals surface area (Å²) in [7, 11) is 1.98. The van der Waals surface area contributed by atoms with Crippen molar-refractivity contribution in [1.29, 1.82) is 0 Å². The Morgan fingerprint density at radius 1 is 1.43 bits per heavy atom. The monoisotopic (exact) mass is 363 g/mol. The Balaban J connectivity index is 0.00000242. The van der Waals surface area contributed by atoms with Crippen LogP contribution in [-0.2, 0) is 4.79 Å². The maximum atomic E-state index is 12.4. The van der Waals surface area contributed by atoms with Crippen molar-refractivity contribution in [1.82, 2.24) is 15.2 Å². The van der Waals surface area contributed by atoms with Crippen LogP contribution in [-0.4, -0.2) is 48.6 Å². The first-order valence-electron chi connectivity index (χ1n) is 7.70. The van der Waals surface area contributed by atoms with Gasteiger partial charge in [0.05, 0.1) is 6.20 Å². The molecule has 132 valence electrons. The predicted octanol–water partition coefficient (Wildman–Crippen LogP) is 2.54. The molecule has 1 aromatic rings. The van der Waals surface area contributed by atoms with Crippen molar-refractivity contribution in [2.45, 2.75) is 32.3 Å². The van der Waals surface area contributed by atoms with Crippen LogP contribution in [0.5, 0.6) is 5.75 Å². The summed E-state index contributed by atoms with van der Waals surface area (Å²) in [6.07, 6.45) is 6.24. The summed E-state index contributed by atoms with van der Waals surface area (Å²) in [5.74, 6) is 1.45. The second kappa shape index (κ2) is 11.5. The molecule has 1 aliphatic rings. The first kappa shape index (κ1) is 22.0. The highest BCUT2D eigenvalue weighted by Crippen LogP contribution is 2.21. The summed E-state index contributed by atoms with van der Waals surface area (Å²) in [5, 5.41) is 3.19. The molecule has 1 aromatic heterocycles. The van der Waals surface area contributed by atoms with Crippen molar-refractivity contribution in [2.75, 3.05) is 26.7 Å². The average molecular weight is 364 g/mol. The summed E-state index contributed by atoms with van der Waals surface area (Å²) in [6, 6.07) is 3.63. The van der Waals surface area contributed by atoms with Crippen LogP contribution in [0.15, 0.2) is 24.5 Å². The highest BCUT2D eigenvalue weighted by Gasteiger charge is 2.26. The number of piperidine rings is 1. The Morgan fingerprint density at radius 3 is 2.70 bits per heavy atom. The molecule has 1 N–H and O–H groups in total. The van der Waals surface area contributed by atoms with Crippen LogP contribution >= 0.6 is 24.8 Å². The summed E-state index contributed by atoms with van der Waals surface area (Å²) in [5.41, 5.74) is 0. The molecule has 1 unspecified atom stereocenters. The number of carbonyl (C=O) groups excluding carboxylic acids is 1. The van der Waals surface area contributed by atoms with Crippen LogP contribution in [0.1, 0.15) is 26.2 Å². The van der Waals surface area contributed by atoms with Crippen LogP contribution < -0.4 is 10.1 Å². The molecule has 23 heavy (non-hydrogen) atoms. The normalized spacial score (nSPS) is 16.0. The lowest BCUT2D eigenvalue weighted by molar-refractivity contribution is -0.139. The van der Waals surface area contributed by atoms with Gasteiger partial charge in [-0.1, -0.05) is 0 Å². The Labute approximate surface area is 151 Å². The minimum absolute atomic E-state index is 0. The fourth-order valence-corrected chi connectivity index (χ4v) is 2.72. The molecule has 7 heteroatoms. The quantitative estimate of drug-likeness (QED) is 0.843. The molecule has 0 bridgehead atoms. The van der Waals surface area contributed by atoms with Gasteiger partial charge in [0.1, 0.15) is 5.75 Å². The maximum absolute atomic E-state index is 12.4. The fraction of sp³-hybridized carbons (Fsp3) is 0.625. The summed E-state index contributed by atoms with van der Waals surface area (Å²) in [4.78, 5) is 18.3. The number of ether oxygens (including phenoxy) is 1. The number of pyridine rings is 1. The third kappa shape index (κ3) is 6.94. The Bertz CT molecular complexity index is 440. The van der Waals surface area contributed by atoms with E-state index in [1.807, 2.05) is 24.9 Å². The van der Waals surface area contributed by atoms with Gasteiger partial charge in [-0.15, -0.1) is 24.8 Å². The van der Waals surface area contributed by atoms with Gasteiger partial charge < -0.3 is 15.0 Å². The van der Waals surface area contributed by atoms with Crippen LogP contribution in [0.3, 0.4) is 0 Å². The molecule has 0 radical (unpaired) electrons. The number of amides is 1. The van der Waals surface area contributed by atoms with Gasteiger partial charge in [0, 0.05) is 19.3 Å². The number of halogens is 2. The molecule has 2 heterocycles. The van der Waals surface area contributed by atoms with E-state index >= 15 is 0 Å². The first-order valence-corrected chi connectivity index (χ1v) is 7.70. The van der Waals surface area contributed by atoms with Gasteiger partial charge in [-0.05, 0) is 57.8 Å². The Hall–Kier alpha value is -1.04. The number of aromatic nitrogens is 1. The van der Waals surface area contributed by atoms with Crippen molar-refractivity contribution >= 4 is 30.7 Å². The summed E-state index contributed by atoms with van der Waals surface area (Å²) in [6.45, 7) is 4.55. The van der Waals surface area contributed by atoms with E-state index in [-0.39, 0.29) is 30.7 Å². The third-order valence-electron chi connectivity index (χ3n) is 4.02. The number of likely N-dealkylation sites (tertiary alicyclic amines) is 1. The van der Waals surface area contributed by atoms with Crippen LogP contribution in [0.4, 0.5) is 0 Å². The van der Waals surface area contributed by atoms with E-state index < -0.39 is 6.10 Å². The lowest BCUT2D eigenvalue weighted by atomic mass is 9.93. The summed E-state index contributed by atoms with van der Waals surface area (Å²) < 4.78 is 5.66. The summed E-state index contributed by atoms with van der Waals surface area (Å²) >= 11 is 0. The molecular formula is C16H27Cl2N3O2. The lowest BCUT2D eigenvalue weighted by Crippen LogP contribution is -2.45. The molecule has 1 aliphatic heterocycles. The van der Waals surface area contributed by atoms with Crippen molar-refractivity contribution < 1.29 is 9.53 Å². The van der Waals surface area contributed by atoms with Crippen LogP contribution in [0, 0.1) is 5.92 Å². The molecule has 1 fully saturated rings. The molecule has 0 spiro atoms. The lowest BCUT2D eigenvalue weighted by Gasteiger charge is -2.33. The second-order valence-electron chi connectivity index (χ2n) is 5.61. The molecule has 0 aromatic carbocycles. The fourth-order valence-electron chi connectivity index (χ4n) is 2.72. The standard InChI is InChI=1S/C16H25N3O2.2ClH/c1-13(21-15-4-3-8-18-12-15)16(20)19-10-6-14(7-11-19)5-9-17-2;;/h3-4,8,12-14,17H,5-7,9-11H2,1-2H3;2*1H. The van der Waals surface area contributed by atoms with Crippen molar-refractivity contribution in [3.05, 3.63) is 24.5 Å². The second-order valence-corrected chi connectivity index (χ2v) is 5.61. The molecule has 5 nitrogen and oxygen atoms in total. The van der Waals surface area contributed by atoms with Gasteiger partial charge in [-0.2, -0.15) is 0 Å². The number of nitrogens with one attached hydrogen (secondary N) is 1. The van der Waals surface area contributed by atoms with Crippen molar-refractivity contribution in [3.8, 4) is 5.75 Å². The minimum Gasteiger partial charge on any atom is -0.479 e. The van der Waals surface area contributed by atoms with Gasteiger partial charge >= 0.3 is 0 Å². The third-order valence-corrected chi connectivity index (χ3v) is 4.02. The number of carbonyl (C=O) groups is 1.